The lowest BCUT2D eigenvalue weighted by Crippen LogP contribution is -2.53. The van der Waals surface area contributed by atoms with E-state index in [1.54, 1.807) is 0 Å². The summed E-state index contributed by atoms with van der Waals surface area (Å²) in [6.07, 6.45) is 5.19. The molecule has 5 N–H and O–H groups in total. The van der Waals surface area contributed by atoms with Crippen LogP contribution >= 0.6 is 23.1 Å². The first-order valence-corrected chi connectivity index (χ1v) is 11.5. The molecule has 12 heteroatoms. The molecule has 0 bridgehead atoms. The predicted octanol–water partition coefficient (Wildman–Crippen LogP) is 2.40. The fraction of sp³-hybridized carbons (Fsp3) is 0.500. The molecule has 0 spiro atoms. The molecule has 1 heterocycles. The number of hydrogen-bond donors (Lipinski definition) is 4. The summed E-state index contributed by atoms with van der Waals surface area (Å²) in [7, 11) is -4.14. The number of halogens is 2. The van der Waals surface area contributed by atoms with Gasteiger partial charge in [0.1, 0.15) is 17.0 Å². The monoisotopic (exact) mass is 448 g/mol. The Morgan fingerprint density at radius 2 is 2.07 bits per heavy atom. The summed E-state index contributed by atoms with van der Waals surface area (Å²) in [5.41, 5.74) is 6.22. The summed E-state index contributed by atoms with van der Waals surface area (Å²) in [4.78, 5) is 3.18. The normalized spacial score (nSPS) is 19.2. The van der Waals surface area contributed by atoms with Crippen LogP contribution in [0.4, 0.5) is 15.2 Å². The molecule has 2 aromatic rings. The summed E-state index contributed by atoms with van der Waals surface area (Å²) in [6.45, 7) is 1.46. The van der Waals surface area contributed by atoms with Gasteiger partial charge in [-0.1, -0.05) is 11.6 Å². The van der Waals surface area contributed by atoms with Crippen LogP contribution in [0.1, 0.15) is 25.7 Å². The molecule has 0 radical (unpaired) electrons. The topological polar surface area (TPSA) is 122 Å². The zero-order chi connectivity index (χ0) is 20.1. The van der Waals surface area contributed by atoms with Gasteiger partial charge < -0.3 is 16.4 Å². The second-order valence-corrected chi connectivity index (χ2v) is 9.39. The number of nitrogens with zero attached hydrogens (tertiary/aromatic N) is 2. The minimum absolute atomic E-state index is 0.0502. The number of nitrogens with two attached hydrogens (primary N) is 1. The number of hydrogen-bond acceptors (Lipinski definition) is 8. The minimum atomic E-state index is -4.14. The highest BCUT2D eigenvalue weighted by Crippen LogP contribution is 2.29. The lowest BCUT2D eigenvalue weighted by molar-refractivity contribution is 0.285. The number of sulfonamides is 1. The van der Waals surface area contributed by atoms with Gasteiger partial charge in [0.2, 0.25) is 5.13 Å². The van der Waals surface area contributed by atoms with Crippen LogP contribution in [0.15, 0.2) is 23.4 Å². The van der Waals surface area contributed by atoms with E-state index in [2.05, 4.69) is 24.7 Å². The van der Waals surface area contributed by atoms with Crippen molar-refractivity contribution >= 4 is 44.0 Å². The maximum absolute atomic E-state index is 14.4. The van der Waals surface area contributed by atoms with E-state index in [0.717, 1.165) is 55.9 Å². The van der Waals surface area contributed by atoms with Crippen LogP contribution in [0.25, 0.3) is 0 Å². The van der Waals surface area contributed by atoms with Gasteiger partial charge in [0.05, 0.1) is 10.7 Å². The van der Waals surface area contributed by atoms with Crippen molar-refractivity contribution in [3.05, 3.63) is 29.3 Å². The van der Waals surface area contributed by atoms with E-state index in [0.29, 0.717) is 18.3 Å². The number of benzene rings is 1. The molecule has 1 aliphatic rings. The molecular formula is C16H22ClFN6O2S2. The van der Waals surface area contributed by atoms with Gasteiger partial charge in [0, 0.05) is 30.2 Å². The van der Waals surface area contributed by atoms with Crippen molar-refractivity contribution in [1.29, 1.82) is 0 Å². The van der Waals surface area contributed by atoms with Gasteiger partial charge in [0.15, 0.2) is 0 Å². The van der Waals surface area contributed by atoms with Gasteiger partial charge in [-0.05, 0) is 44.4 Å². The number of anilines is 2. The summed E-state index contributed by atoms with van der Waals surface area (Å²) in [6, 6.07) is 2.85. The van der Waals surface area contributed by atoms with E-state index in [4.69, 9.17) is 17.3 Å². The predicted molar refractivity (Wildman–Crippen MR) is 109 cm³/mol. The van der Waals surface area contributed by atoms with Crippen LogP contribution in [0.5, 0.6) is 0 Å². The zero-order valence-electron chi connectivity index (χ0n) is 15.0. The molecule has 3 rings (SSSR count). The average Bonchev–Trinajstić information content (AvgIpc) is 3.14. The Bertz CT molecular complexity index is 897. The quantitative estimate of drug-likeness (QED) is 0.411. The molecule has 154 valence electrons. The van der Waals surface area contributed by atoms with Gasteiger partial charge in [0.25, 0.3) is 10.0 Å². The molecule has 0 saturated heterocycles. The smallest absolute Gasteiger partial charge is 0.266 e. The first-order valence-electron chi connectivity index (χ1n) is 8.88. The summed E-state index contributed by atoms with van der Waals surface area (Å²) in [5.74, 6) is -0.899. The van der Waals surface area contributed by atoms with Crippen LogP contribution in [-0.2, 0) is 10.0 Å². The third-order valence-electron chi connectivity index (χ3n) is 4.55. The van der Waals surface area contributed by atoms with E-state index in [1.165, 1.54) is 6.33 Å². The van der Waals surface area contributed by atoms with Gasteiger partial charge in [-0.15, -0.1) is 0 Å². The number of unbranched alkanes of at least 4 members (excludes halogenated alkanes) is 1. The average molecular weight is 449 g/mol. The van der Waals surface area contributed by atoms with E-state index in [-0.39, 0.29) is 16.2 Å². The molecule has 1 saturated carbocycles. The third-order valence-corrected chi connectivity index (χ3v) is 6.92. The Kier molecular flexibility index (Phi) is 7.05. The number of nitrogens with one attached hydrogen (secondary N) is 3. The SMILES string of the molecule is N[C@H]1CC[C@@H]1NCCCCNc1cc(F)c(S(=O)(=O)Nc2ncns2)cc1Cl. The maximum atomic E-state index is 14.4. The molecule has 1 aliphatic carbocycles. The Labute approximate surface area is 172 Å². The molecule has 1 aromatic heterocycles. The van der Waals surface area contributed by atoms with Gasteiger partial charge in [-0.25, -0.2) is 17.8 Å². The summed E-state index contributed by atoms with van der Waals surface area (Å²) < 4.78 is 44.9. The van der Waals surface area contributed by atoms with Crippen molar-refractivity contribution in [3.8, 4) is 0 Å². The van der Waals surface area contributed by atoms with Crippen molar-refractivity contribution in [1.82, 2.24) is 14.7 Å². The van der Waals surface area contributed by atoms with Crippen molar-refractivity contribution in [2.45, 2.75) is 42.7 Å². The van der Waals surface area contributed by atoms with Crippen LogP contribution < -0.4 is 21.1 Å². The molecule has 0 unspecified atom stereocenters. The second kappa shape index (κ2) is 9.31. The number of aromatic nitrogens is 2. The fourth-order valence-electron chi connectivity index (χ4n) is 2.80. The Balaban J connectivity index is 1.51. The van der Waals surface area contributed by atoms with Crippen LogP contribution in [0.3, 0.4) is 0 Å². The zero-order valence-corrected chi connectivity index (χ0v) is 17.4. The van der Waals surface area contributed by atoms with Crippen molar-refractivity contribution in [2.24, 2.45) is 5.73 Å². The molecule has 8 nitrogen and oxygen atoms in total. The highest BCUT2D eigenvalue weighted by molar-refractivity contribution is 7.93. The highest BCUT2D eigenvalue weighted by Gasteiger charge is 2.26. The fourth-order valence-corrected chi connectivity index (χ4v) is 4.84. The van der Waals surface area contributed by atoms with Crippen LogP contribution in [0, 0.1) is 5.82 Å². The van der Waals surface area contributed by atoms with Crippen molar-refractivity contribution in [2.75, 3.05) is 23.1 Å². The molecule has 0 amide bonds. The highest BCUT2D eigenvalue weighted by atomic mass is 35.5. The number of rotatable bonds is 10. The summed E-state index contributed by atoms with van der Waals surface area (Å²) in [5, 5.41) is 6.62. The lowest BCUT2D eigenvalue weighted by Gasteiger charge is -2.34. The molecule has 1 aromatic carbocycles. The maximum Gasteiger partial charge on any atom is 0.266 e. The lowest BCUT2D eigenvalue weighted by atomic mass is 9.87. The minimum Gasteiger partial charge on any atom is -0.384 e. The first kappa shape index (κ1) is 21.2. The standard InChI is InChI=1S/C16H22ClFN6O2S2/c17-10-7-15(28(25,26)24-16-22-9-23-27-16)11(18)8-14(10)21-6-2-1-5-20-13-4-3-12(13)19/h7-9,12-13,20-21H,1-6,19H2,(H,22,23,24)/t12-,13-/m0/s1. The van der Waals surface area contributed by atoms with Gasteiger partial charge >= 0.3 is 0 Å². The summed E-state index contributed by atoms with van der Waals surface area (Å²) >= 11 is 6.99. The van der Waals surface area contributed by atoms with Crippen LogP contribution in [-0.4, -0.2) is 42.9 Å². The Morgan fingerprint density at radius 1 is 1.29 bits per heavy atom. The van der Waals surface area contributed by atoms with Crippen molar-refractivity contribution in [3.63, 3.8) is 0 Å². The Morgan fingerprint density at radius 3 is 2.71 bits per heavy atom. The molecular weight excluding hydrogens is 427 g/mol. The Hall–Kier alpha value is -1.53. The molecule has 2 atom stereocenters. The van der Waals surface area contributed by atoms with Gasteiger partial charge in [-0.2, -0.15) is 4.37 Å². The molecule has 28 heavy (non-hydrogen) atoms. The van der Waals surface area contributed by atoms with Crippen molar-refractivity contribution < 1.29 is 12.8 Å². The second-order valence-electron chi connectivity index (χ2n) is 6.55. The van der Waals surface area contributed by atoms with E-state index in [1.807, 2.05) is 0 Å². The van der Waals surface area contributed by atoms with E-state index < -0.39 is 20.7 Å². The largest absolute Gasteiger partial charge is 0.384 e. The van der Waals surface area contributed by atoms with Gasteiger partial charge in [-0.3, -0.25) is 4.72 Å². The van der Waals surface area contributed by atoms with Crippen LogP contribution in [0.2, 0.25) is 5.02 Å². The first-order chi connectivity index (χ1) is 13.4. The third kappa shape index (κ3) is 5.29. The molecule has 1 fully saturated rings. The van der Waals surface area contributed by atoms with E-state index in [9.17, 15) is 12.8 Å². The van der Waals surface area contributed by atoms with E-state index >= 15 is 0 Å². The molecule has 0 aliphatic heterocycles.